The molecule has 2 amide bonds. The molecule has 0 aliphatic heterocycles. The Morgan fingerprint density at radius 1 is 1.35 bits per heavy atom. The van der Waals surface area contributed by atoms with Crippen LogP contribution in [-0.4, -0.2) is 53.5 Å². The molecule has 0 bridgehead atoms. The molecule has 2 aromatic heterocycles. The van der Waals surface area contributed by atoms with Gasteiger partial charge in [0.1, 0.15) is 10.7 Å². The van der Waals surface area contributed by atoms with Gasteiger partial charge in [0.25, 0.3) is 0 Å². The highest BCUT2D eigenvalue weighted by atomic mass is 32.2. The number of sulfone groups is 1. The molecule has 0 unspecified atom stereocenters. The topological polar surface area (TPSA) is 126 Å². The molecule has 31 heavy (non-hydrogen) atoms. The summed E-state index contributed by atoms with van der Waals surface area (Å²) < 4.78 is 39.1. The van der Waals surface area contributed by atoms with Crippen molar-refractivity contribution in [1.82, 2.24) is 19.9 Å². The van der Waals surface area contributed by atoms with Gasteiger partial charge in [-0.15, -0.1) is 0 Å². The largest absolute Gasteiger partial charge is 0.395 e. The Hall–Kier alpha value is -2.83. The number of nitrogens with zero attached hydrogens (tertiary/aromatic N) is 3. The number of thiazole rings is 1. The first-order chi connectivity index (χ1) is 14.7. The van der Waals surface area contributed by atoms with Crippen LogP contribution in [0.1, 0.15) is 11.4 Å². The zero-order chi connectivity index (χ0) is 22.6. The first-order valence-electron chi connectivity index (χ1n) is 9.31. The second kappa shape index (κ2) is 9.54. The number of benzene rings is 1. The Kier molecular flexibility index (Phi) is 7.03. The number of hydrogen-bond acceptors (Lipinski definition) is 7. The van der Waals surface area contributed by atoms with Crippen molar-refractivity contribution in [2.24, 2.45) is 0 Å². The van der Waals surface area contributed by atoms with Gasteiger partial charge in [0.15, 0.2) is 15.0 Å². The predicted molar refractivity (Wildman–Crippen MR) is 115 cm³/mol. The van der Waals surface area contributed by atoms with Gasteiger partial charge in [-0.2, -0.15) is 0 Å². The fourth-order valence-corrected chi connectivity index (χ4v) is 4.57. The summed E-state index contributed by atoms with van der Waals surface area (Å²) in [6, 6.07) is 3.45. The summed E-state index contributed by atoms with van der Waals surface area (Å²) in [5.41, 5.74) is 1.86. The number of imidazole rings is 1. The Balaban J connectivity index is 1.60. The number of anilines is 1. The van der Waals surface area contributed by atoms with E-state index in [1.807, 2.05) is 0 Å². The minimum absolute atomic E-state index is 0.0279. The molecule has 3 rings (SSSR count). The maximum Gasteiger partial charge on any atom is 0.321 e. The third kappa shape index (κ3) is 5.87. The summed E-state index contributed by atoms with van der Waals surface area (Å²) in [5.74, 6) is -0.832. The van der Waals surface area contributed by atoms with Crippen LogP contribution in [0.15, 0.2) is 35.6 Å². The number of carbonyl (C=O) groups excluding carboxylic acids is 1. The summed E-state index contributed by atoms with van der Waals surface area (Å²) in [6.45, 7) is 2.57. The summed E-state index contributed by atoms with van der Waals surface area (Å²) in [6.07, 6.45) is 4.90. The van der Waals surface area contributed by atoms with Crippen LogP contribution in [0.25, 0.3) is 10.4 Å². The quantitative estimate of drug-likeness (QED) is 0.466. The molecule has 12 heteroatoms. The molecule has 166 valence electrons. The molecule has 0 saturated heterocycles. The van der Waals surface area contributed by atoms with Gasteiger partial charge >= 0.3 is 6.03 Å². The van der Waals surface area contributed by atoms with E-state index in [1.165, 1.54) is 12.1 Å². The molecular weight excluding hydrogens is 445 g/mol. The van der Waals surface area contributed by atoms with Crippen LogP contribution in [0.2, 0.25) is 0 Å². The number of halogens is 1. The SMILES string of the molecule is Cc1nc(NC(=O)NCCc2cn(CCO)cn2)sc1-c1ccc(S(C)(=O)=O)c(F)c1. The normalized spacial score (nSPS) is 11.5. The molecule has 0 spiro atoms. The van der Waals surface area contributed by atoms with E-state index in [-0.39, 0.29) is 11.5 Å². The molecule has 0 radical (unpaired) electrons. The number of hydrogen-bond donors (Lipinski definition) is 3. The number of aliphatic hydroxyl groups excluding tert-OH is 1. The lowest BCUT2D eigenvalue weighted by Crippen LogP contribution is -2.30. The van der Waals surface area contributed by atoms with Crippen molar-refractivity contribution in [3.63, 3.8) is 0 Å². The van der Waals surface area contributed by atoms with Gasteiger partial charge in [-0.05, 0) is 24.6 Å². The molecule has 0 aliphatic rings. The van der Waals surface area contributed by atoms with Crippen molar-refractivity contribution in [2.45, 2.75) is 24.8 Å². The van der Waals surface area contributed by atoms with Crippen molar-refractivity contribution in [3.8, 4) is 10.4 Å². The van der Waals surface area contributed by atoms with E-state index in [9.17, 15) is 17.6 Å². The number of aryl methyl sites for hydroxylation is 1. The standard InChI is InChI=1S/C19H22FN5O4S2/c1-12-17(13-3-4-16(15(20)9-13)31(2,28)29)30-19(23-12)24-18(27)21-6-5-14-10-25(7-8-26)11-22-14/h3-4,9-11,26H,5-8H2,1-2H3,(H2,21,23,24,27). The minimum Gasteiger partial charge on any atom is -0.395 e. The van der Waals surface area contributed by atoms with Crippen LogP contribution in [0.5, 0.6) is 0 Å². The van der Waals surface area contributed by atoms with Crippen LogP contribution in [-0.2, 0) is 22.8 Å². The van der Waals surface area contributed by atoms with Crippen molar-refractivity contribution in [2.75, 3.05) is 24.7 Å². The van der Waals surface area contributed by atoms with E-state index < -0.39 is 21.7 Å². The highest BCUT2D eigenvalue weighted by molar-refractivity contribution is 7.90. The Bertz CT molecular complexity index is 1190. The fraction of sp³-hybridized carbons (Fsp3) is 0.316. The third-order valence-electron chi connectivity index (χ3n) is 4.32. The van der Waals surface area contributed by atoms with E-state index in [4.69, 9.17) is 5.11 Å². The Morgan fingerprint density at radius 3 is 2.81 bits per heavy atom. The van der Waals surface area contributed by atoms with Crippen molar-refractivity contribution < 1.29 is 22.7 Å². The third-order valence-corrected chi connectivity index (χ3v) is 6.57. The molecule has 0 aliphatic carbocycles. The minimum atomic E-state index is -3.65. The van der Waals surface area contributed by atoms with Gasteiger partial charge in [0.2, 0.25) is 0 Å². The maximum absolute atomic E-state index is 14.2. The lowest BCUT2D eigenvalue weighted by Gasteiger charge is -2.04. The number of amides is 2. The van der Waals surface area contributed by atoms with E-state index in [0.29, 0.717) is 40.8 Å². The van der Waals surface area contributed by atoms with Crippen molar-refractivity contribution in [1.29, 1.82) is 0 Å². The average molecular weight is 468 g/mol. The lowest BCUT2D eigenvalue weighted by molar-refractivity contribution is 0.252. The number of urea groups is 1. The molecule has 0 saturated carbocycles. The molecule has 3 N–H and O–H groups in total. The van der Waals surface area contributed by atoms with E-state index >= 15 is 0 Å². The highest BCUT2D eigenvalue weighted by Gasteiger charge is 2.17. The van der Waals surface area contributed by atoms with Crippen LogP contribution in [0, 0.1) is 12.7 Å². The Labute approximate surface area is 182 Å². The molecule has 0 atom stereocenters. The van der Waals surface area contributed by atoms with Crippen molar-refractivity contribution >= 4 is 32.3 Å². The van der Waals surface area contributed by atoms with Gasteiger partial charge in [0, 0.05) is 32.0 Å². The van der Waals surface area contributed by atoms with Gasteiger partial charge < -0.3 is 15.0 Å². The predicted octanol–water partition coefficient (Wildman–Crippen LogP) is 2.21. The van der Waals surface area contributed by atoms with Gasteiger partial charge in [-0.25, -0.2) is 27.6 Å². The second-order valence-electron chi connectivity index (χ2n) is 6.81. The molecule has 0 fully saturated rings. The molecule has 3 aromatic rings. The summed E-state index contributed by atoms with van der Waals surface area (Å²) in [4.78, 5) is 20.9. The van der Waals surface area contributed by atoms with E-state index in [2.05, 4.69) is 20.6 Å². The van der Waals surface area contributed by atoms with E-state index in [0.717, 1.165) is 29.4 Å². The van der Waals surface area contributed by atoms with Gasteiger partial charge in [-0.1, -0.05) is 17.4 Å². The van der Waals surface area contributed by atoms with Crippen LogP contribution < -0.4 is 10.6 Å². The van der Waals surface area contributed by atoms with Crippen molar-refractivity contribution in [3.05, 3.63) is 47.9 Å². The van der Waals surface area contributed by atoms with Gasteiger partial charge in [0.05, 0.1) is 29.2 Å². The first kappa shape index (κ1) is 22.8. The van der Waals surface area contributed by atoms with Crippen LogP contribution in [0.4, 0.5) is 14.3 Å². The number of nitrogens with one attached hydrogen (secondary N) is 2. The average Bonchev–Trinajstić information content (AvgIpc) is 3.27. The second-order valence-corrected chi connectivity index (χ2v) is 9.79. The summed E-state index contributed by atoms with van der Waals surface area (Å²) in [5, 5.41) is 14.6. The summed E-state index contributed by atoms with van der Waals surface area (Å²) in [7, 11) is -3.65. The molecule has 1 aromatic carbocycles. The smallest absolute Gasteiger partial charge is 0.321 e. The zero-order valence-corrected chi connectivity index (χ0v) is 18.6. The fourth-order valence-electron chi connectivity index (χ4n) is 2.88. The van der Waals surface area contributed by atoms with Crippen LogP contribution >= 0.6 is 11.3 Å². The summed E-state index contributed by atoms with van der Waals surface area (Å²) >= 11 is 1.16. The lowest BCUT2D eigenvalue weighted by atomic mass is 10.1. The first-order valence-corrected chi connectivity index (χ1v) is 12.0. The molecule has 9 nitrogen and oxygen atoms in total. The number of carbonyl (C=O) groups is 1. The molecule has 2 heterocycles. The maximum atomic E-state index is 14.2. The number of aliphatic hydroxyl groups is 1. The van der Waals surface area contributed by atoms with Gasteiger partial charge in [-0.3, -0.25) is 5.32 Å². The zero-order valence-electron chi connectivity index (χ0n) is 16.9. The molecular formula is C19H22FN5O4S2. The number of rotatable bonds is 8. The highest BCUT2D eigenvalue weighted by Crippen LogP contribution is 2.34. The van der Waals surface area contributed by atoms with Crippen LogP contribution in [0.3, 0.4) is 0 Å². The monoisotopic (exact) mass is 467 g/mol. The Morgan fingerprint density at radius 2 is 2.13 bits per heavy atom. The number of aromatic nitrogens is 3. The van der Waals surface area contributed by atoms with E-state index in [1.54, 1.807) is 24.0 Å².